The van der Waals surface area contributed by atoms with Crippen molar-refractivity contribution in [2.24, 2.45) is 0 Å². The summed E-state index contributed by atoms with van der Waals surface area (Å²) in [5, 5.41) is 14.8. The lowest BCUT2D eigenvalue weighted by molar-refractivity contribution is -0.384. The molecule has 0 radical (unpaired) electrons. The monoisotopic (exact) mass is 393 g/mol. The number of carbonyl (C=O) groups excluding carboxylic acids is 1. The molecule has 8 heteroatoms. The number of carbonyl (C=O) groups is 1. The molecule has 0 unspecified atom stereocenters. The van der Waals surface area contributed by atoms with E-state index in [1.807, 2.05) is 4.90 Å². The Bertz CT molecular complexity index is 852. The van der Waals surface area contributed by atoms with E-state index in [2.05, 4.69) is 5.32 Å². The van der Waals surface area contributed by atoms with Crippen molar-refractivity contribution >= 4 is 46.2 Å². The number of nitro benzene ring substituents is 1. The maximum absolute atomic E-state index is 12.4. The quantitative estimate of drug-likeness (QED) is 0.575. The summed E-state index contributed by atoms with van der Waals surface area (Å²) < 4.78 is 0. The Balaban J connectivity index is 1.85. The number of nitro groups is 1. The van der Waals surface area contributed by atoms with E-state index < -0.39 is 10.8 Å². The van der Waals surface area contributed by atoms with Gasteiger partial charge < -0.3 is 10.2 Å². The molecule has 1 N–H and O–H groups in total. The number of hydrogen-bond acceptors (Lipinski definition) is 4. The molecule has 1 amide bonds. The zero-order chi connectivity index (χ0) is 18.7. The fourth-order valence-electron chi connectivity index (χ4n) is 3.02. The van der Waals surface area contributed by atoms with Crippen LogP contribution in [-0.2, 0) is 0 Å². The normalized spacial score (nSPS) is 14.2. The van der Waals surface area contributed by atoms with Crippen LogP contribution in [0.1, 0.15) is 29.6 Å². The third-order valence-corrected chi connectivity index (χ3v) is 4.85. The molecule has 2 aromatic rings. The highest BCUT2D eigenvalue weighted by Crippen LogP contribution is 2.33. The summed E-state index contributed by atoms with van der Waals surface area (Å²) in [5.41, 5.74) is 1.15. The second kappa shape index (κ2) is 7.93. The molecular formula is C18H17Cl2N3O3. The summed E-state index contributed by atoms with van der Waals surface area (Å²) >= 11 is 11.9. The Kier molecular flexibility index (Phi) is 5.64. The lowest BCUT2D eigenvalue weighted by atomic mass is 10.1. The largest absolute Gasteiger partial charge is 0.366 e. The number of anilines is 2. The fourth-order valence-corrected chi connectivity index (χ4v) is 3.52. The van der Waals surface area contributed by atoms with E-state index in [4.69, 9.17) is 23.2 Å². The van der Waals surface area contributed by atoms with Crippen LogP contribution < -0.4 is 10.2 Å². The van der Waals surface area contributed by atoms with Gasteiger partial charge in [0.05, 0.1) is 15.5 Å². The smallest absolute Gasteiger partial charge is 0.294 e. The van der Waals surface area contributed by atoms with Crippen LogP contribution in [-0.4, -0.2) is 23.9 Å². The number of nitrogens with one attached hydrogen (secondary N) is 1. The molecule has 0 bridgehead atoms. The average Bonchev–Trinajstić information content (AvgIpc) is 2.62. The summed E-state index contributed by atoms with van der Waals surface area (Å²) in [6.45, 7) is 1.60. The molecule has 3 rings (SSSR count). The van der Waals surface area contributed by atoms with Gasteiger partial charge in [0.15, 0.2) is 0 Å². The van der Waals surface area contributed by atoms with E-state index in [9.17, 15) is 14.9 Å². The third kappa shape index (κ3) is 4.08. The number of halogens is 2. The average molecular weight is 394 g/mol. The van der Waals surface area contributed by atoms with E-state index in [1.165, 1.54) is 18.2 Å². The summed E-state index contributed by atoms with van der Waals surface area (Å²) in [7, 11) is 0. The van der Waals surface area contributed by atoms with E-state index in [0.717, 1.165) is 32.4 Å². The summed E-state index contributed by atoms with van der Waals surface area (Å²) in [6.07, 6.45) is 3.18. The summed E-state index contributed by atoms with van der Waals surface area (Å²) in [4.78, 5) is 25.5. The van der Waals surface area contributed by atoms with Crippen molar-refractivity contribution in [1.29, 1.82) is 0 Å². The van der Waals surface area contributed by atoms with Crippen molar-refractivity contribution < 1.29 is 9.72 Å². The van der Waals surface area contributed by atoms with E-state index in [1.54, 1.807) is 18.2 Å². The van der Waals surface area contributed by atoms with Gasteiger partial charge in [0, 0.05) is 29.9 Å². The highest BCUT2D eigenvalue weighted by molar-refractivity contribution is 6.37. The number of hydrogen-bond donors (Lipinski definition) is 1. The molecule has 1 aliphatic heterocycles. The molecule has 1 aliphatic rings. The van der Waals surface area contributed by atoms with Crippen LogP contribution in [0.2, 0.25) is 10.0 Å². The van der Waals surface area contributed by atoms with Crippen LogP contribution in [0, 0.1) is 10.1 Å². The van der Waals surface area contributed by atoms with Gasteiger partial charge in [-0.15, -0.1) is 0 Å². The summed E-state index contributed by atoms with van der Waals surface area (Å²) in [5.74, 6) is -0.452. The van der Waals surface area contributed by atoms with Gasteiger partial charge in [-0.25, -0.2) is 0 Å². The molecule has 2 aromatic carbocycles. The first-order chi connectivity index (χ1) is 12.5. The van der Waals surface area contributed by atoms with Crippen molar-refractivity contribution in [3.8, 4) is 0 Å². The zero-order valence-corrected chi connectivity index (χ0v) is 15.4. The van der Waals surface area contributed by atoms with Gasteiger partial charge in [0.1, 0.15) is 5.69 Å². The highest BCUT2D eigenvalue weighted by Gasteiger charge is 2.22. The lowest BCUT2D eigenvalue weighted by Crippen LogP contribution is -2.30. The van der Waals surface area contributed by atoms with Gasteiger partial charge in [-0.1, -0.05) is 23.2 Å². The Morgan fingerprint density at radius 3 is 2.46 bits per heavy atom. The van der Waals surface area contributed by atoms with Crippen LogP contribution >= 0.6 is 23.2 Å². The van der Waals surface area contributed by atoms with Gasteiger partial charge in [0.2, 0.25) is 0 Å². The zero-order valence-electron chi connectivity index (χ0n) is 13.9. The van der Waals surface area contributed by atoms with Crippen LogP contribution in [0.15, 0.2) is 36.4 Å². The predicted octanol–water partition coefficient (Wildman–Crippen LogP) is 5.14. The second-order valence-corrected chi connectivity index (χ2v) is 6.93. The predicted molar refractivity (Wildman–Crippen MR) is 104 cm³/mol. The fraction of sp³-hybridized carbons (Fsp3) is 0.278. The molecule has 0 aromatic heterocycles. The van der Waals surface area contributed by atoms with E-state index in [-0.39, 0.29) is 16.3 Å². The Morgan fingerprint density at radius 2 is 1.81 bits per heavy atom. The minimum Gasteiger partial charge on any atom is -0.366 e. The molecule has 1 saturated heterocycles. The topological polar surface area (TPSA) is 75.5 Å². The first-order valence-electron chi connectivity index (χ1n) is 8.25. The van der Waals surface area contributed by atoms with Gasteiger partial charge in [0.25, 0.3) is 11.6 Å². The molecule has 1 fully saturated rings. The molecule has 136 valence electrons. The molecule has 0 saturated carbocycles. The minimum atomic E-state index is -0.452. The van der Waals surface area contributed by atoms with Crippen LogP contribution in [0.25, 0.3) is 0 Å². The molecule has 0 aliphatic carbocycles. The molecule has 26 heavy (non-hydrogen) atoms. The lowest BCUT2D eigenvalue weighted by Gasteiger charge is -2.28. The highest BCUT2D eigenvalue weighted by atomic mass is 35.5. The van der Waals surface area contributed by atoms with Crippen molar-refractivity contribution in [2.75, 3.05) is 23.3 Å². The van der Waals surface area contributed by atoms with Crippen LogP contribution in [0.3, 0.4) is 0 Å². The van der Waals surface area contributed by atoms with Gasteiger partial charge in [-0.3, -0.25) is 14.9 Å². The van der Waals surface area contributed by atoms with Gasteiger partial charge >= 0.3 is 0 Å². The second-order valence-electron chi connectivity index (χ2n) is 6.09. The SMILES string of the molecule is O=C(Nc1ccc(N2CCCCC2)c([N+](=O)[O-])c1)c1ccc(Cl)cc1Cl. The molecule has 0 spiro atoms. The maximum atomic E-state index is 12.4. The van der Waals surface area contributed by atoms with Gasteiger partial charge in [-0.2, -0.15) is 0 Å². The first kappa shape index (κ1) is 18.5. The third-order valence-electron chi connectivity index (χ3n) is 4.30. The number of rotatable bonds is 4. The van der Waals surface area contributed by atoms with Crippen molar-refractivity contribution in [3.63, 3.8) is 0 Å². The van der Waals surface area contributed by atoms with Crippen molar-refractivity contribution in [1.82, 2.24) is 0 Å². The van der Waals surface area contributed by atoms with Crippen LogP contribution in [0.5, 0.6) is 0 Å². The van der Waals surface area contributed by atoms with E-state index >= 15 is 0 Å². The molecule has 6 nitrogen and oxygen atoms in total. The number of piperidine rings is 1. The number of nitrogens with zero attached hydrogens (tertiary/aromatic N) is 2. The number of amides is 1. The van der Waals surface area contributed by atoms with E-state index in [0.29, 0.717) is 16.4 Å². The Morgan fingerprint density at radius 1 is 1.08 bits per heavy atom. The standard InChI is InChI=1S/C18H17Cl2N3O3/c19-12-4-6-14(15(20)10-12)18(24)21-13-5-7-16(17(11-13)23(25)26)22-8-2-1-3-9-22/h4-7,10-11H,1-3,8-9H2,(H,21,24). The molecule has 1 heterocycles. The summed E-state index contributed by atoms with van der Waals surface area (Å²) in [6, 6.07) is 9.27. The van der Waals surface area contributed by atoms with Crippen molar-refractivity contribution in [3.05, 3.63) is 62.1 Å². The minimum absolute atomic E-state index is 0.0214. The Hall–Kier alpha value is -2.31. The first-order valence-corrected chi connectivity index (χ1v) is 9.01. The maximum Gasteiger partial charge on any atom is 0.294 e. The molecular weight excluding hydrogens is 377 g/mol. The Labute approximate surface area is 160 Å². The van der Waals surface area contributed by atoms with Crippen LogP contribution in [0.4, 0.5) is 17.1 Å². The molecule has 0 atom stereocenters. The van der Waals surface area contributed by atoms with Gasteiger partial charge in [-0.05, 0) is 49.6 Å². The number of benzene rings is 2. The van der Waals surface area contributed by atoms with Crippen molar-refractivity contribution in [2.45, 2.75) is 19.3 Å².